The van der Waals surface area contributed by atoms with E-state index in [0.29, 0.717) is 47.1 Å². The Kier molecular flexibility index (Phi) is 9.65. The summed E-state index contributed by atoms with van der Waals surface area (Å²) < 4.78 is 22.0. The minimum absolute atomic E-state index is 0.0702. The first-order valence-electron chi connectivity index (χ1n) is 11.2. The van der Waals surface area contributed by atoms with Crippen molar-refractivity contribution in [1.82, 2.24) is 10.2 Å². The molecule has 0 saturated heterocycles. The molecule has 0 aliphatic carbocycles. The molecule has 9 nitrogen and oxygen atoms in total. The Morgan fingerprint density at radius 3 is 2.42 bits per heavy atom. The van der Waals surface area contributed by atoms with Crippen molar-refractivity contribution >= 4 is 28.5 Å². The summed E-state index contributed by atoms with van der Waals surface area (Å²) in [6.45, 7) is 4.79. The molecule has 0 fully saturated rings. The van der Waals surface area contributed by atoms with Crippen LogP contribution in [0, 0.1) is 17.2 Å². The topological polar surface area (TPSA) is 116 Å². The Morgan fingerprint density at radius 2 is 1.75 bits per heavy atom. The number of nitriles is 1. The number of ether oxygens (including phenoxy) is 4. The molecule has 0 bridgehead atoms. The molecule has 1 aromatic heterocycles. The lowest BCUT2D eigenvalue weighted by molar-refractivity contribution is -0.112. The Labute approximate surface area is 214 Å². The van der Waals surface area contributed by atoms with Gasteiger partial charge in [0.05, 0.1) is 14.2 Å². The summed E-state index contributed by atoms with van der Waals surface area (Å²) in [7, 11) is 3.13. The first-order valence-corrected chi connectivity index (χ1v) is 12.1. The van der Waals surface area contributed by atoms with Crippen LogP contribution in [0.4, 0.5) is 5.13 Å². The minimum atomic E-state index is -0.556. The van der Waals surface area contributed by atoms with Crippen molar-refractivity contribution in [1.29, 1.82) is 5.26 Å². The van der Waals surface area contributed by atoms with Crippen molar-refractivity contribution in [3.8, 4) is 29.1 Å². The molecular formula is C26H28N4O5S. The summed E-state index contributed by atoms with van der Waals surface area (Å²) >= 11 is 1.30. The maximum absolute atomic E-state index is 12.6. The van der Waals surface area contributed by atoms with Crippen molar-refractivity contribution in [3.63, 3.8) is 0 Å². The molecule has 3 aromatic rings. The predicted octanol–water partition coefficient (Wildman–Crippen LogP) is 4.76. The standard InChI is InChI=1S/C26H28N4O5S/c1-17(2)13-24-29-30-26(36-24)28-25(31)19(16-27)14-18-5-10-22(23(15-18)33-4)35-12-11-34-21-8-6-20(32-3)7-9-21/h5-10,14-15,17H,11-13H2,1-4H3,(H,28,30,31)/b19-14-. The van der Waals surface area contributed by atoms with E-state index >= 15 is 0 Å². The molecule has 1 N–H and O–H groups in total. The van der Waals surface area contributed by atoms with Gasteiger partial charge in [-0.2, -0.15) is 5.26 Å². The lowest BCUT2D eigenvalue weighted by Gasteiger charge is -2.12. The smallest absolute Gasteiger partial charge is 0.268 e. The van der Waals surface area contributed by atoms with Crippen LogP contribution >= 0.6 is 11.3 Å². The number of nitrogens with zero attached hydrogens (tertiary/aromatic N) is 3. The number of carbonyl (C=O) groups is 1. The third-order valence-electron chi connectivity index (χ3n) is 4.80. The fraction of sp³-hybridized carbons (Fsp3) is 0.308. The molecular weight excluding hydrogens is 480 g/mol. The molecule has 0 aliphatic heterocycles. The number of amides is 1. The molecule has 2 aromatic carbocycles. The van der Waals surface area contributed by atoms with Gasteiger partial charge < -0.3 is 18.9 Å². The number of aromatic nitrogens is 2. The number of carbonyl (C=O) groups excluding carboxylic acids is 1. The van der Waals surface area contributed by atoms with Crippen LogP contribution < -0.4 is 24.3 Å². The number of hydrogen-bond acceptors (Lipinski definition) is 9. The Bertz CT molecular complexity index is 1230. The average molecular weight is 509 g/mol. The molecule has 1 amide bonds. The second-order valence-corrected chi connectivity index (χ2v) is 9.07. The lowest BCUT2D eigenvalue weighted by Crippen LogP contribution is -2.13. The van der Waals surface area contributed by atoms with Gasteiger partial charge in [0.25, 0.3) is 5.91 Å². The second-order valence-electron chi connectivity index (χ2n) is 8.01. The van der Waals surface area contributed by atoms with Crippen molar-refractivity contribution in [3.05, 3.63) is 58.6 Å². The van der Waals surface area contributed by atoms with Crippen LogP contribution in [-0.4, -0.2) is 43.5 Å². The second kappa shape index (κ2) is 13.1. The first-order chi connectivity index (χ1) is 17.4. The highest BCUT2D eigenvalue weighted by atomic mass is 32.1. The van der Waals surface area contributed by atoms with Crippen LogP contribution in [-0.2, 0) is 11.2 Å². The molecule has 36 heavy (non-hydrogen) atoms. The van der Waals surface area contributed by atoms with Crippen LogP contribution in [0.25, 0.3) is 6.08 Å². The number of anilines is 1. The van der Waals surface area contributed by atoms with E-state index in [1.165, 1.54) is 24.5 Å². The highest BCUT2D eigenvalue weighted by Crippen LogP contribution is 2.29. The Hall–Kier alpha value is -4.10. The molecule has 0 radical (unpaired) electrons. The molecule has 0 atom stereocenters. The molecule has 188 valence electrons. The molecule has 1 heterocycles. The molecule has 0 aliphatic rings. The van der Waals surface area contributed by atoms with Crippen LogP contribution in [0.5, 0.6) is 23.0 Å². The predicted molar refractivity (Wildman–Crippen MR) is 138 cm³/mol. The largest absolute Gasteiger partial charge is 0.497 e. The van der Waals surface area contributed by atoms with E-state index in [1.807, 2.05) is 30.3 Å². The third-order valence-corrected chi connectivity index (χ3v) is 5.66. The Morgan fingerprint density at radius 1 is 1.03 bits per heavy atom. The van der Waals surface area contributed by atoms with E-state index in [0.717, 1.165) is 17.2 Å². The van der Waals surface area contributed by atoms with Gasteiger partial charge in [-0.3, -0.25) is 10.1 Å². The van der Waals surface area contributed by atoms with Gasteiger partial charge in [0.2, 0.25) is 5.13 Å². The third kappa shape index (κ3) is 7.71. The van der Waals surface area contributed by atoms with E-state index < -0.39 is 5.91 Å². The number of hydrogen-bond donors (Lipinski definition) is 1. The van der Waals surface area contributed by atoms with E-state index in [-0.39, 0.29) is 5.57 Å². The first kappa shape index (κ1) is 26.5. The summed E-state index contributed by atoms with van der Waals surface area (Å²) in [4.78, 5) is 12.6. The van der Waals surface area contributed by atoms with E-state index in [1.54, 1.807) is 25.3 Å². The summed E-state index contributed by atoms with van der Waals surface area (Å²) in [6.07, 6.45) is 2.25. The molecule has 10 heteroatoms. The molecule has 0 spiro atoms. The highest BCUT2D eigenvalue weighted by molar-refractivity contribution is 7.15. The fourth-order valence-electron chi connectivity index (χ4n) is 3.09. The van der Waals surface area contributed by atoms with Gasteiger partial charge in [-0.1, -0.05) is 31.3 Å². The van der Waals surface area contributed by atoms with Crippen LogP contribution in [0.2, 0.25) is 0 Å². The maximum Gasteiger partial charge on any atom is 0.268 e. The lowest BCUT2D eigenvalue weighted by atomic mass is 10.1. The van der Waals surface area contributed by atoms with Crippen LogP contribution in [0.15, 0.2) is 48.0 Å². The summed E-state index contributed by atoms with van der Waals surface area (Å²) in [5.41, 5.74) is 0.539. The summed E-state index contributed by atoms with van der Waals surface area (Å²) in [5.74, 6) is 2.32. The van der Waals surface area contributed by atoms with Gasteiger partial charge in [-0.05, 0) is 54.0 Å². The van der Waals surface area contributed by atoms with Gasteiger partial charge in [0, 0.05) is 6.42 Å². The van der Waals surface area contributed by atoms with Gasteiger partial charge in [-0.15, -0.1) is 10.2 Å². The zero-order chi connectivity index (χ0) is 25.9. The van der Waals surface area contributed by atoms with E-state index in [9.17, 15) is 10.1 Å². The number of rotatable bonds is 12. The summed E-state index contributed by atoms with van der Waals surface area (Å²) in [5, 5.41) is 21.4. The zero-order valence-corrected chi connectivity index (χ0v) is 21.4. The van der Waals surface area contributed by atoms with Crippen molar-refractivity contribution in [2.45, 2.75) is 20.3 Å². The van der Waals surface area contributed by atoms with Gasteiger partial charge in [0.1, 0.15) is 41.4 Å². The minimum Gasteiger partial charge on any atom is -0.497 e. The molecule has 0 unspecified atom stereocenters. The van der Waals surface area contributed by atoms with Crippen molar-refractivity contribution < 1.29 is 23.7 Å². The number of benzene rings is 2. The highest BCUT2D eigenvalue weighted by Gasteiger charge is 2.14. The Balaban J connectivity index is 1.59. The zero-order valence-electron chi connectivity index (χ0n) is 20.6. The SMILES string of the molecule is COc1ccc(OCCOc2ccc(/C=C(/C#N)C(=O)Nc3nnc(CC(C)C)s3)cc2OC)cc1. The molecule has 0 saturated carbocycles. The summed E-state index contributed by atoms with van der Waals surface area (Å²) in [6, 6.07) is 14.4. The fourth-order valence-corrected chi connectivity index (χ4v) is 4.04. The average Bonchev–Trinajstić information content (AvgIpc) is 3.31. The van der Waals surface area contributed by atoms with Gasteiger partial charge in [0.15, 0.2) is 11.5 Å². The number of methoxy groups -OCH3 is 2. The van der Waals surface area contributed by atoms with E-state index in [2.05, 4.69) is 29.4 Å². The maximum atomic E-state index is 12.6. The van der Waals surface area contributed by atoms with Gasteiger partial charge in [-0.25, -0.2) is 0 Å². The van der Waals surface area contributed by atoms with E-state index in [4.69, 9.17) is 18.9 Å². The van der Waals surface area contributed by atoms with Gasteiger partial charge >= 0.3 is 0 Å². The van der Waals surface area contributed by atoms with Crippen molar-refractivity contribution in [2.24, 2.45) is 5.92 Å². The number of nitrogens with one attached hydrogen (secondary N) is 1. The van der Waals surface area contributed by atoms with Crippen LogP contribution in [0.1, 0.15) is 24.4 Å². The van der Waals surface area contributed by atoms with Crippen molar-refractivity contribution in [2.75, 3.05) is 32.8 Å². The molecule has 3 rings (SSSR count). The monoisotopic (exact) mass is 508 g/mol. The van der Waals surface area contributed by atoms with Crippen LogP contribution in [0.3, 0.4) is 0 Å². The normalized spacial score (nSPS) is 11.1. The quantitative estimate of drug-likeness (QED) is 0.212.